The Kier molecular flexibility index (Phi) is 5.25. The second-order valence-corrected chi connectivity index (χ2v) is 4.72. The summed E-state index contributed by atoms with van der Waals surface area (Å²) < 4.78 is 6.15. The Hall–Kier alpha value is -0.580. The molecule has 2 N–H and O–H groups in total. The monoisotopic (exact) mass is 287 g/mol. The number of aliphatic hydroxyl groups is 1. The summed E-state index contributed by atoms with van der Waals surface area (Å²) >= 11 is 3.51. The predicted molar refractivity (Wildman–Crippen MR) is 68.8 cm³/mol. The highest BCUT2D eigenvalue weighted by molar-refractivity contribution is 9.10. The SMILES string of the molecule is COc1ccc(C(C)NCC(C)O)c(Br)c1. The molecule has 0 spiro atoms. The van der Waals surface area contributed by atoms with Gasteiger partial charge in [0.2, 0.25) is 0 Å². The molecule has 2 atom stereocenters. The van der Waals surface area contributed by atoms with Gasteiger partial charge in [-0.15, -0.1) is 0 Å². The molecule has 0 aromatic heterocycles. The molecule has 0 amide bonds. The third kappa shape index (κ3) is 3.77. The Bertz CT molecular complexity index is 342. The first-order chi connectivity index (χ1) is 7.54. The Morgan fingerprint density at radius 1 is 1.44 bits per heavy atom. The molecular weight excluding hydrogens is 270 g/mol. The number of halogens is 1. The number of hydrogen-bond donors (Lipinski definition) is 2. The lowest BCUT2D eigenvalue weighted by Gasteiger charge is -2.17. The first-order valence-corrected chi connectivity index (χ1v) is 6.08. The standard InChI is InChI=1S/C12H18BrNO2/c1-8(15)7-14-9(2)11-5-4-10(16-3)6-12(11)13/h4-6,8-9,14-15H,7H2,1-3H3. The number of nitrogens with one attached hydrogen (secondary N) is 1. The van der Waals surface area contributed by atoms with Crippen LogP contribution in [0.5, 0.6) is 5.75 Å². The van der Waals surface area contributed by atoms with Crippen molar-refractivity contribution in [3.8, 4) is 5.75 Å². The van der Waals surface area contributed by atoms with Crippen molar-refractivity contribution in [1.29, 1.82) is 0 Å². The van der Waals surface area contributed by atoms with E-state index in [0.717, 1.165) is 15.8 Å². The van der Waals surface area contributed by atoms with Crippen molar-refractivity contribution in [3.63, 3.8) is 0 Å². The summed E-state index contributed by atoms with van der Waals surface area (Å²) in [4.78, 5) is 0. The van der Waals surface area contributed by atoms with Gasteiger partial charge in [0.05, 0.1) is 13.2 Å². The van der Waals surface area contributed by atoms with E-state index in [9.17, 15) is 5.11 Å². The highest BCUT2D eigenvalue weighted by atomic mass is 79.9. The van der Waals surface area contributed by atoms with E-state index >= 15 is 0 Å². The Morgan fingerprint density at radius 2 is 2.12 bits per heavy atom. The van der Waals surface area contributed by atoms with Crippen LogP contribution in [0.2, 0.25) is 0 Å². The molecule has 16 heavy (non-hydrogen) atoms. The maximum atomic E-state index is 9.21. The zero-order chi connectivity index (χ0) is 12.1. The lowest BCUT2D eigenvalue weighted by Crippen LogP contribution is -2.27. The highest BCUT2D eigenvalue weighted by Crippen LogP contribution is 2.27. The van der Waals surface area contributed by atoms with Crippen molar-refractivity contribution in [2.24, 2.45) is 0 Å². The predicted octanol–water partition coefficient (Wildman–Crippen LogP) is 2.49. The van der Waals surface area contributed by atoms with Crippen LogP contribution in [0.4, 0.5) is 0 Å². The third-order valence-electron chi connectivity index (χ3n) is 2.39. The number of methoxy groups -OCH3 is 1. The fourth-order valence-electron chi connectivity index (χ4n) is 1.44. The molecule has 0 aliphatic rings. The van der Waals surface area contributed by atoms with Crippen LogP contribution >= 0.6 is 15.9 Å². The Labute approximate surface area is 105 Å². The average molecular weight is 288 g/mol. The summed E-state index contributed by atoms with van der Waals surface area (Å²) in [7, 11) is 1.65. The van der Waals surface area contributed by atoms with Crippen LogP contribution in [0.25, 0.3) is 0 Å². The van der Waals surface area contributed by atoms with E-state index in [1.165, 1.54) is 0 Å². The molecule has 0 bridgehead atoms. The molecule has 0 saturated carbocycles. The summed E-state index contributed by atoms with van der Waals surface area (Å²) in [6.45, 7) is 4.41. The van der Waals surface area contributed by atoms with Gasteiger partial charge in [-0.05, 0) is 31.5 Å². The van der Waals surface area contributed by atoms with E-state index in [2.05, 4.69) is 28.2 Å². The normalized spacial score (nSPS) is 14.6. The molecule has 2 unspecified atom stereocenters. The summed E-state index contributed by atoms with van der Waals surface area (Å²) in [6.07, 6.45) is -0.334. The molecule has 1 rings (SSSR count). The topological polar surface area (TPSA) is 41.5 Å². The third-order valence-corrected chi connectivity index (χ3v) is 3.08. The summed E-state index contributed by atoms with van der Waals surface area (Å²) in [5.74, 6) is 0.832. The van der Waals surface area contributed by atoms with Crippen LogP contribution in [-0.2, 0) is 0 Å². The van der Waals surface area contributed by atoms with Gasteiger partial charge in [0.15, 0.2) is 0 Å². The molecule has 4 heteroatoms. The van der Waals surface area contributed by atoms with Gasteiger partial charge in [-0.1, -0.05) is 22.0 Å². The van der Waals surface area contributed by atoms with Crippen LogP contribution in [-0.4, -0.2) is 24.9 Å². The number of aliphatic hydroxyl groups excluding tert-OH is 1. The quantitative estimate of drug-likeness (QED) is 0.874. The van der Waals surface area contributed by atoms with Gasteiger partial charge < -0.3 is 15.2 Å². The Morgan fingerprint density at radius 3 is 2.62 bits per heavy atom. The first-order valence-electron chi connectivity index (χ1n) is 5.29. The largest absolute Gasteiger partial charge is 0.497 e. The van der Waals surface area contributed by atoms with Gasteiger partial charge in [-0.25, -0.2) is 0 Å². The maximum absolute atomic E-state index is 9.21. The summed E-state index contributed by atoms with van der Waals surface area (Å²) in [5.41, 5.74) is 1.15. The van der Waals surface area contributed by atoms with Crippen molar-refractivity contribution < 1.29 is 9.84 Å². The van der Waals surface area contributed by atoms with Crippen LogP contribution in [0, 0.1) is 0 Å². The van der Waals surface area contributed by atoms with E-state index in [-0.39, 0.29) is 12.1 Å². The molecule has 1 aromatic carbocycles. The molecule has 0 aliphatic carbocycles. The van der Waals surface area contributed by atoms with Crippen LogP contribution in [0.3, 0.4) is 0 Å². The smallest absolute Gasteiger partial charge is 0.120 e. The van der Waals surface area contributed by atoms with Gasteiger partial charge in [0.1, 0.15) is 5.75 Å². The van der Waals surface area contributed by atoms with E-state index in [1.807, 2.05) is 18.2 Å². The Balaban J connectivity index is 2.71. The second-order valence-electron chi connectivity index (χ2n) is 3.87. The van der Waals surface area contributed by atoms with Crippen LogP contribution in [0.1, 0.15) is 25.5 Å². The van der Waals surface area contributed by atoms with E-state index in [4.69, 9.17) is 4.74 Å². The molecule has 0 aliphatic heterocycles. The van der Waals surface area contributed by atoms with Crippen molar-refractivity contribution in [2.75, 3.05) is 13.7 Å². The van der Waals surface area contributed by atoms with Crippen LogP contribution in [0.15, 0.2) is 22.7 Å². The zero-order valence-electron chi connectivity index (χ0n) is 9.83. The minimum atomic E-state index is -0.334. The van der Waals surface area contributed by atoms with Crippen molar-refractivity contribution in [3.05, 3.63) is 28.2 Å². The van der Waals surface area contributed by atoms with Gasteiger partial charge >= 0.3 is 0 Å². The minimum Gasteiger partial charge on any atom is -0.497 e. The molecule has 0 fully saturated rings. The van der Waals surface area contributed by atoms with Crippen LogP contribution < -0.4 is 10.1 Å². The molecule has 0 radical (unpaired) electrons. The number of ether oxygens (including phenoxy) is 1. The number of benzene rings is 1. The van der Waals surface area contributed by atoms with E-state index in [0.29, 0.717) is 6.54 Å². The zero-order valence-corrected chi connectivity index (χ0v) is 11.4. The van der Waals surface area contributed by atoms with Gasteiger partial charge in [0, 0.05) is 17.1 Å². The fourth-order valence-corrected chi connectivity index (χ4v) is 2.14. The van der Waals surface area contributed by atoms with Gasteiger partial charge in [0.25, 0.3) is 0 Å². The highest BCUT2D eigenvalue weighted by Gasteiger charge is 2.10. The average Bonchev–Trinajstić information content (AvgIpc) is 2.25. The van der Waals surface area contributed by atoms with E-state index < -0.39 is 0 Å². The second kappa shape index (κ2) is 6.23. The fraction of sp³-hybridized carbons (Fsp3) is 0.500. The molecule has 3 nitrogen and oxygen atoms in total. The lowest BCUT2D eigenvalue weighted by atomic mass is 10.1. The molecule has 0 saturated heterocycles. The van der Waals surface area contributed by atoms with E-state index in [1.54, 1.807) is 14.0 Å². The molecule has 1 aromatic rings. The minimum absolute atomic E-state index is 0.190. The van der Waals surface area contributed by atoms with Crippen molar-refractivity contribution in [2.45, 2.75) is 26.0 Å². The number of rotatable bonds is 5. The summed E-state index contributed by atoms with van der Waals surface area (Å²) in [5, 5.41) is 12.5. The molecular formula is C12H18BrNO2. The number of hydrogen-bond acceptors (Lipinski definition) is 3. The van der Waals surface area contributed by atoms with Gasteiger partial charge in [-0.3, -0.25) is 0 Å². The lowest BCUT2D eigenvalue weighted by molar-refractivity contribution is 0.187. The molecule has 0 heterocycles. The maximum Gasteiger partial charge on any atom is 0.120 e. The van der Waals surface area contributed by atoms with Crippen molar-refractivity contribution >= 4 is 15.9 Å². The summed E-state index contributed by atoms with van der Waals surface area (Å²) in [6, 6.07) is 6.08. The van der Waals surface area contributed by atoms with Gasteiger partial charge in [-0.2, -0.15) is 0 Å². The first kappa shape index (κ1) is 13.5. The van der Waals surface area contributed by atoms with Crippen molar-refractivity contribution in [1.82, 2.24) is 5.32 Å². The molecule has 90 valence electrons.